The molecular formula is C25H29OP. The van der Waals surface area contributed by atoms with Crippen LogP contribution in [0.1, 0.15) is 33.3 Å². The van der Waals surface area contributed by atoms with Crippen LogP contribution in [-0.4, -0.2) is 11.3 Å². The molecule has 0 spiro atoms. The molecule has 0 bridgehead atoms. The van der Waals surface area contributed by atoms with Gasteiger partial charge >= 0.3 is 0 Å². The fourth-order valence-electron chi connectivity index (χ4n) is 3.91. The van der Waals surface area contributed by atoms with E-state index in [1.807, 2.05) is 12.1 Å². The Morgan fingerprint density at radius 2 is 1.26 bits per heavy atom. The van der Waals surface area contributed by atoms with Gasteiger partial charge in [-0.15, -0.1) is 0 Å². The number of rotatable bonds is 5. The standard InChI is InChI=1S/C25H29OP/c1-18(2)27(26,19(3)4)25-14-10-9-13-23(25)24-17-20(5)15-16-22(24)21-11-7-6-8-12-21/h6-19H,1-5H3. The highest BCUT2D eigenvalue weighted by Gasteiger charge is 2.34. The maximum atomic E-state index is 14.1. The fraction of sp³-hybridized carbons (Fsp3) is 0.280. The van der Waals surface area contributed by atoms with Gasteiger partial charge in [-0.3, -0.25) is 0 Å². The quantitative estimate of drug-likeness (QED) is 0.433. The Kier molecular flexibility index (Phi) is 5.72. The van der Waals surface area contributed by atoms with Crippen molar-refractivity contribution in [1.29, 1.82) is 0 Å². The molecule has 1 nitrogen and oxygen atoms in total. The van der Waals surface area contributed by atoms with Crippen LogP contribution in [0.2, 0.25) is 0 Å². The summed E-state index contributed by atoms with van der Waals surface area (Å²) in [5.41, 5.74) is 6.08. The summed E-state index contributed by atoms with van der Waals surface area (Å²) in [6.07, 6.45) is 0. The highest BCUT2D eigenvalue weighted by Crippen LogP contribution is 2.55. The first-order valence-corrected chi connectivity index (χ1v) is 11.6. The summed E-state index contributed by atoms with van der Waals surface area (Å²) in [5.74, 6) is 0. The van der Waals surface area contributed by atoms with Crippen molar-refractivity contribution in [3.8, 4) is 22.3 Å². The van der Waals surface area contributed by atoms with Crippen LogP contribution in [0.4, 0.5) is 0 Å². The molecule has 0 N–H and O–H groups in total. The van der Waals surface area contributed by atoms with E-state index in [4.69, 9.17) is 0 Å². The molecule has 0 radical (unpaired) electrons. The van der Waals surface area contributed by atoms with Crippen LogP contribution in [0.15, 0.2) is 72.8 Å². The van der Waals surface area contributed by atoms with Crippen molar-refractivity contribution in [1.82, 2.24) is 0 Å². The molecule has 0 unspecified atom stereocenters. The summed E-state index contributed by atoms with van der Waals surface area (Å²) in [7, 11) is -2.55. The Bertz CT molecular complexity index is 959. The zero-order chi connectivity index (χ0) is 19.6. The molecule has 0 aromatic heterocycles. The van der Waals surface area contributed by atoms with Crippen LogP contribution in [-0.2, 0) is 4.57 Å². The number of aryl methyl sites for hydroxylation is 1. The minimum atomic E-state index is -2.55. The number of benzene rings is 3. The molecule has 0 heterocycles. The lowest BCUT2D eigenvalue weighted by Gasteiger charge is -2.29. The lowest BCUT2D eigenvalue weighted by Crippen LogP contribution is -2.21. The van der Waals surface area contributed by atoms with Crippen molar-refractivity contribution in [3.63, 3.8) is 0 Å². The molecule has 3 aromatic carbocycles. The zero-order valence-corrected chi connectivity index (χ0v) is 17.8. The lowest BCUT2D eigenvalue weighted by atomic mass is 9.93. The Morgan fingerprint density at radius 3 is 1.89 bits per heavy atom. The Balaban J connectivity index is 2.32. The number of hydrogen-bond acceptors (Lipinski definition) is 1. The molecule has 27 heavy (non-hydrogen) atoms. The van der Waals surface area contributed by atoms with Crippen LogP contribution in [0.5, 0.6) is 0 Å². The van der Waals surface area contributed by atoms with Crippen LogP contribution >= 0.6 is 7.14 Å². The van der Waals surface area contributed by atoms with Gasteiger partial charge in [0.15, 0.2) is 0 Å². The van der Waals surface area contributed by atoms with Gasteiger partial charge in [0.1, 0.15) is 7.14 Å². The molecule has 140 valence electrons. The van der Waals surface area contributed by atoms with Gasteiger partial charge in [-0.25, -0.2) is 0 Å². The van der Waals surface area contributed by atoms with Crippen molar-refractivity contribution in [2.24, 2.45) is 0 Å². The molecule has 0 aliphatic rings. The molecule has 2 heteroatoms. The van der Waals surface area contributed by atoms with Crippen LogP contribution < -0.4 is 5.30 Å². The van der Waals surface area contributed by atoms with Gasteiger partial charge in [0.2, 0.25) is 0 Å². The minimum absolute atomic E-state index is 0.114. The second-order valence-corrected chi connectivity index (χ2v) is 11.8. The summed E-state index contributed by atoms with van der Waals surface area (Å²) >= 11 is 0. The Hall–Kier alpha value is -2.11. The highest BCUT2D eigenvalue weighted by molar-refractivity contribution is 7.73. The molecule has 0 fully saturated rings. The van der Waals surface area contributed by atoms with Gasteiger partial charge in [0.25, 0.3) is 0 Å². The van der Waals surface area contributed by atoms with Crippen molar-refractivity contribution < 1.29 is 4.57 Å². The molecule has 0 atom stereocenters. The zero-order valence-electron chi connectivity index (χ0n) is 16.9. The second kappa shape index (κ2) is 7.87. The van der Waals surface area contributed by atoms with E-state index in [0.29, 0.717) is 0 Å². The monoisotopic (exact) mass is 376 g/mol. The van der Waals surface area contributed by atoms with E-state index in [-0.39, 0.29) is 11.3 Å². The summed E-state index contributed by atoms with van der Waals surface area (Å²) in [5, 5.41) is 1.01. The maximum absolute atomic E-state index is 14.1. The van der Waals surface area contributed by atoms with Gasteiger partial charge in [-0.05, 0) is 29.2 Å². The average molecular weight is 376 g/mol. The van der Waals surface area contributed by atoms with Crippen molar-refractivity contribution in [2.45, 2.75) is 45.9 Å². The van der Waals surface area contributed by atoms with E-state index in [1.54, 1.807) is 0 Å². The predicted octanol–water partition coefficient (Wildman–Crippen LogP) is 7.13. The summed E-state index contributed by atoms with van der Waals surface area (Å²) < 4.78 is 14.1. The molecule has 0 aliphatic carbocycles. The molecule has 0 saturated carbocycles. The molecule has 0 aliphatic heterocycles. The minimum Gasteiger partial charge on any atom is -0.318 e. The summed E-state index contributed by atoms with van der Waals surface area (Å²) in [6, 6.07) is 25.3. The Labute approximate surface area is 163 Å². The molecule has 3 aromatic rings. The van der Waals surface area contributed by atoms with Crippen molar-refractivity contribution in [3.05, 3.63) is 78.4 Å². The van der Waals surface area contributed by atoms with E-state index < -0.39 is 7.14 Å². The van der Waals surface area contributed by atoms with E-state index in [9.17, 15) is 4.57 Å². The smallest absolute Gasteiger partial charge is 0.121 e. The van der Waals surface area contributed by atoms with Crippen molar-refractivity contribution >= 4 is 12.4 Å². The molecule has 0 amide bonds. The van der Waals surface area contributed by atoms with Gasteiger partial charge in [-0.1, -0.05) is 106 Å². The van der Waals surface area contributed by atoms with E-state index in [1.165, 1.54) is 22.3 Å². The lowest BCUT2D eigenvalue weighted by molar-refractivity contribution is 0.569. The normalized spacial score (nSPS) is 12.0. The SMILES string of the molecule is Cc1ccc(-c2ccccc2)c(-c2ccccc2P(=O)(C(C)C)C(C)C)c1. The predicted molar refractivity (Wildman–Crippen MR) is 120 cm³/mol. The first kappa shape index (κ1) is 19.6. The van der Waals surface area contributed by atoms with Gasteiger partial charge in [-0.2, -0.15) is 0 Å². The molecule has 0 saturated heterocycles. The Morgan fingerprint density at radius 1 is 0.667 bits per heavy atom. The van der Waals surface area contributed by atoms with Gasteiger partial charge in [0.05, 0.1) is 0 Å². The van der Waals surface area contributed by atoms with E-state index >= 15 is 0 Å². The van der Waals surface area contributed by atoms with Crippen LogP contribution in [0, 0.1) is 6.92 Å². The van der Waals surface area contributed by atoms with Crippen LogP contribution in [0.25, 0.3) is 22.3 Å². The van der Waals surface area contributed by atoms with E-state index in [0.717, 1.165) is 10.9 Å². The maximum Gasteiger partial charge on any atom is 0.121 e. The largest absolute Gasteiger partial charge is 0.318 e. The first-order valence-electron chi connectivity index (χ1n) is 9.71. The van der Waals surface area contributed by atoms with E-state index in [2.05, 4.69) is 95.3 Å². The van der Waals surface area contributed by atoms with Crippen LogP contribution in [0.3, 0.4) is 0 Å². The third kappa shape index (κ3) is 3.66. The fourth-order valence-corrected chi connectivity index (χ4v) is 7.10. The third-order valence-corrected chi connectivity index (χ3v) is 9.58. The molecular weight excluding hydrogens is 347 g/mol. The van der Waals surface area contributed by atoms with Crippen molar-refractivity contribution in [2.75, 3.05) is 0 Å². The first-order chi connectivity index (χ1) is 12.9. The second-order valence-electron chi connectivity index (χ2n) is 7.83. The molecule has 3 rings (SSSR count). The summed E-state index contributed by atoms with van der Waals surface area (Å²) in [6.45, 7) is 10.5. The topological polar surface area (TPSA) is 17.1 Å². The highest BCUT2D eigenvalue weighted by atomic mass is 31.2. The van der Waals surface area contributed by atoms with Gasteiger partial charge in [0, 0.05) is 16.6 Å². The van der Waals surface area contributed by atoms with Gasteiger partial charge < -0.3 is 4.57 Å². The summed E-state index contributed by atoms with van der Waals surface area (Å²) in [4.78, 5) is 0. The third-order valence-electron chi connectivity index (χ3n) is 5.36. The number of hydrogen-bond donors (Lipinski definition) is 0. The average Bonchev–Trinajstić information content (AvgIpc) is 2.67.